The second kappa shape index (κ2) is 5.29. The van der Waals surface area contributed by atoms with Gasteiger partial charge in [-0.25, -0.2) is 0 Å². The Morgan fingerprint density at radius 2 is 1.89 bits per heavy atom. The number of carboxylic acids is 1. The molecule has 0 aliphatic carbocycles. The van der Waals surface area contributed by atoms with Crippen molar-refractivity contribution in [2.75, 3.05) is 13.1 Å². The first-order chi connectivity index (χ1) is 8.11. The maximum Gasteiger partial charge on any atom is 0.303 e. The molecule has 0 unspecified atom stereocenters. The van der Waals surface area contributed by atoms with E-state index < -0.39 is 11.4 Å². The monoisotopic (exact) mass is 255 g/mol. The Morgan fingerprint density at radius 1 is 1.28 bits per heavy atom. The van der Waals surface area contributed by atoms with Gasteiger partial charge in [-0.05, 0) is 23.7 Å². The Morgan fingerprint density at radius 3 is 2.39 bits per heavy atom. The third-order valence-electron chi connectivity index (χ3n) is 3.51. The summed E-state index contributed by atoms with van der Waals surface area (Å²) in [4.78, 5) is 24.9. The molecule has 1 fully saturated rings. The third kappa shape index (κ3) is 4.67. The molecule has 104 valence electrons. The molecular formula is C14H25NO3. The summed E-state index contributed by atoms with van der Waals surface area (Å²) in [6.45, 7) is 9.63. The predicted molar refractivity (Wildman–Crippen MR) is 70.2 cm³/mol. The maximum atomic E-state index is 12.2. The molecule has 0 atom stereocenters. The van der Waals surface area contributed by atoms with Gasteiger partial charge in [-0.1, -0.05) is 27.7 Å². The number of carbonyl (C=O) groups excluding carboxylic acids is 1. The normalized spacial score (nSPS) is 19.7. The van der Waals surface area contributed by atoms with Crippen molar-refractivity contribution >= 4 is 11.9 Å². The zero-order chi connectivity index (χ0) is 14.0. The molecule has 1 rings (SSSR count). The maximum absolute atomic E-state index is 12.2. The van der Waals surface area contributed by atoms with Gasteiger partial charge in [-0.2, -0.15) is 0 Å². The van der Waals surface area contributed by atoms with Gasteiger partial charge in [0, 0.05) is 19.5 Å². The minimum absolute atomic E-state index is 0.0377. The van der Waals surface area contributed by atoms with E-state index in [4.69, 9.17) is 5.11 Å². The minimum Gasteiger partial charge on any atom is -0.481 e. The van der Waals surface area contributed by atoms with Crippen molar-refractivity contribution < 1.29 is 14.7 Å². The van der Waals surface area contributed by atoms with Gasteiger partial charge >= 0.3 is 5.97 Å². The molecule has 0 aromatic carbocycles. The molecule has 0 saturated carbocycles. The number of likely N-dealkylation sites (tertiary alicyclic amines) is 1. The van der Waals surface area contributed by atoms with Crippen LogP contribution in [0.2, 0.25) is 0 Å². The number of amides is 1. The van der Waals surface area contributed by atoms with Gasteiger partial charge in [0.15, 0.2) is 0 Å². The first kappa shape index (κ1) is 15.0. The fourth-order valence-electron chi connectivity index (χ4n) is 2.63. The van der Waals surface area contributed by atoms with Crippen LogP contribution in [-0.4, -0.2) is 35.0 Å². The van der Waals surface area contributed by atoms with Gasteiger partial charge in [-0.3, -0.25) is 9.59 Å². The molecule has 1 aliphatic heterocycles. The first-order valence-corrected chi connectivity index (χ1v) is 6.61. The Kier molecular flexibility index (Phi) is 4.41. The highest BCUT2D eigenvalue weighted by molar-refractivity contribution is 5.78. The molecule has 4 nitrogen and oxygen atoms in total. The summed E-state index contributed by atoms with van der Waals surface area (Å²) in [7, 11) is 0. The molecular weight excluding hydrogens is 230 g/mol. The van der Waals surface area contributed by atoms with Gasteiger partial charge in [-0.15, -0.1) is 0 Å². The van der Waals surface area contributed by atoms with E-state index in [9.17, 15) is 9.59 Å². The van der Waals surface area contributed by atoms with E-state index in [1.54, 1.807) is 0 Å². The number of carbonyl (C=O) groups is 2. The average molecular weight is 255 g/mol. The molecule has 1 saturated heterocycles. The molecule has 0 radical (unpaired) electrons. The number of carboxylic acid groups (broad SMARTS) is 1. The number of hydrogen-bond donors (Lipinski definition) is 1. The van der Waals surface area contributed by atoms with Crippen LogP contribution in [0.15, 0.2) is 0 Å². The lowest BCUT2D eigenvalue weighted by molar-refractivity contribution is -0.141. The Labute approximate surface area is 109 Å². The van der Waals surface area contributed by atoms with Crippen molar-refractivity contribution in [3.63, 3.8) is 0 Å². The Balaban J connectivity index is 2.57. The van der Waals surface area contributed by atoms with Crippen LogP contribution in [0.5, 0.6) is 0 Å². The highest BCUT2D eigenvalue weighted by Crippen LogP contribution is 2.31. The van der Waals surface area contributed by atoms with Crippen LogP contribution < -0.4 is 0 Å². The zero-order valence-corrected chi connectivity index (χ0v) is 12.0. The van der Waals surface area contributed by atoms with Crippen molar-refractivity contribution in [3.8, 4) is 0 Å². The number of hydrogen-bond acceptors (Lipinski definition) is 2. The predicted octanol–water partition coefficient (Wildman–Crippen LogP) is 2.53. The minimum atomic E-state index is -0.841. The van der Waals surface area contributed by atoms with Crippen LogP contribution in [0.1, 0.15) is 53.4 Å². The highest BCUT2D eigenvalue weighted by Gasteiger charge is 2.32. The smallest absolute Gasteiger partial charge is 0.303 e. The lowest BCUT2D eigenvalue weighted by atomic mass is 9.82. The summed E-state index contributed by atoms with van der Waals surface area (Å²) >= 11 is 0. The van der Waals surface area contributed by atoms with Crippen molar-refractivity contribution in [2.45, 2.75) is 53.4 Å². The highest BCUT2D eigenvalue weighted by atomic mass is 16.4. The van der Waals surface area contributed by atoms with Crippen LogP contribution in [0.4, 0.5) is 0 Å². The summed E-state index contributed by atoms with van der Waals surface area (Å²) in [5.41, 5.74) is -0.282. The third-order valence-corrected chi connectivity index (χ3v) is 3.51. The van der Waals surface area contributed by atoms with E-state index >= 15 is 0 Å². The van der Waals surface area contributed by atoms with Crippen LogP contribution in [0, 0.1) is 10.8 Å². The second-order valence-corrected chi connectivity index (χ2v) is 6.99. The SMILES string of the molecule is CC(C)(CC(=O)O)CC(=O)N1CCCC(C)(C)C1. The lowest BCUT2D eigenvalue weighted by Crippen LogP contribution is -2.44. The summed E-state index contributed by atoms with van der Waals surface area (Å²) in [5, 5.41) is 8.83. The molecule has 1 amide bonds. The van der Waals surface area contributed by atoms with Crippen molar-refractivity contribution in [3.05, 3.63) is 0 Å². The number of nitrogens with zero attached hydrogens (tertiary/aromatic N) is 1. The molecule has 1 N–H and O–H groups in total. The number of piperidine rings is 1. The summed E-state index contributed by atoms with van der Waals surface area (Å²) in [5.74, 6) is -0.749. The number of rotatable bonds is 4. The van der Waals surface area contributed by atoms with Gasteiger partial charge in [0.05, 0.1) is 6.42 Å². The van der Waals surface area contributed by atoms with Gasteiger partial charge in [0.2, 0.25) is 5.91 Å². The van der Waals surface area contributed by atoms with Crippen molar-refractivity contribution in [1.29, 1.82) is 0 Å². The molecule has 1 heterocycles. The zero-order valence-electron chi connectivity index (χ0n) is 12.0. The molecule has 4 heteroatoms. The molecule has 0 aromatic heterocycles. The Bertz CT molecular complexity index is 334. The van der Waals surface area contributed by atoms with Crippen LogP contribution in [0.3, 0.4) is 0 Å². The largest absolute Gasteiger partial charge is 0.481 e. The fraction of sp³-hybridized carbons (Fsp3) is 0.857. The van der Waals surface area contributed by atoms with Gasteiger partial charge in [0.1, 0.15) is 0 Å². The van der Waals surface area contributed by atoms with Crippen LogP contribution >= 0.6 is 0 Å². The van der Waals surface area contributed by atoms with E-state index in [0.717, 1.165) is 25.9 Å². The van der Waals surface area contributed by atoms with Crippen LogP contribution in [0.25, 0.3) is 0 Å². The number of aliphatic carboxylic acids is 1. The van der Waals surface area contributed by atoms with E-state index in [1.165, 1.54) is 0 Å². The van der Waals surface area contributed by atoms with E-state index in [0.29, 0.717) is 6.42 Å². The topological polar surface area (TPSA) is 57.6 Å². The van der Waals surface area contributed by atoms with Crippen molar-refractivity contribution in [1.82, 2.24) is 4.90 Å². The van der Waals surface area contributed by atoms with Crippen LogP contribution in [-0.2, 0) is 9.59 Å². The van der Waals surface area contributed by atoms with Gasteiger partial charge < -0.3 is 10.0 Å². The fourth-order valence-corrected chi connectivity index (χ4v) is 2.63. The molecule has 0 spiro atoms. The summed E-state index contributed by atoms with van der Waals surface area (Å²) in [6.07, 6.45) is 2.54. The Hall–Kier alpha value is -1.06. The quantitative estimate of drug-likeness (QED) is 0.839. The molecule has 0 aromatic rings. The summed E-state index contributed by atoms with van der Waals surface area (Å²) < 4.78 is 0. The van der Waals surface area contributed by atoms with Gasteiger partial charge in [0.25, 0.3) is 0 Å². The second-order valence-electron chi connectivity index (χ2n) is 6.99. The van der Waals surface area contributed by atoms with E-state index in [1.807, 2.05) is 18.7 Å². The standard InChI is InChI=1S/C14H25NO3/c1-13(2)6-5-7-15(10-13)11(16)8-14(3,4)9-12(17)18/h5-10H2,1-4H3,(H,17,18). The molecule has 18 heavy (non-hydrogen) atoms. The lowest BCUT2D eigenvalue weighted by Gasteiger charge is -2.39. The molecule has 1 aliphatic rings. The van der Waals surface area contributed by atoms with E-state index in [-0.39, 0.29) is 17.7 Å². The summed E-state index contributed by atoms with van der Waals surface area (Å²) in [6, 6.07) is 0. The molecule has 0 bridgehead atoms. The first-order valence-electron chi connectivity index (χ1n) is 6.61. The average Bonchev–Trinajstić information content (AvgIpc) is 2.12. The van der Waals surface area contributed by atoms with Crippen molar-refractivity contribution in [2.24, 2.45) is 10.8 Å². The van der Waals surface area contributed by atoms with E-state index in [2.05, 4.69) is 13.8 Å².